The molecule has 9 nitrogen and oxygen atoms in total. The quantitative estimate of drug-likeness (QED) is 0.136. The van der Waals surface area contributed by atoms with E-state index in [0.29, 0.717) is 17.7 Å². The molecule has 1 aromatic heterocycles. The van der Waals surface area contributed by atoms with Crippen LogP contribution in [0.2, 0.25) is 0 Å². The van der Waals surface area contributed by atoms with Crippen LogP contribution in [0.5, 0.6) is 0 Å². The van der Waals surface area contributed by atoms with Gasteiger partial charge < -0.3 is 10.1 Å². The van der Waals surface area contributed by atoms with E-state index in [1.54, 1.807) is 24.6 Å². The third kappa shape index (κ3) is 5.62. The van der Waals surface area contributed by atoms with Crippen LogP contribution < -0.4 is 5.32 Å². The fourth-order valence-corrected chi connectivity index (χ4v) is 13.5. The summed E-state index contributed by atoms with van der Waals surface area (Å²) in [6.07, 6.45) is 20.0. The number of ether oxygens (including phenoxy) is 1. The Kier molecular flexibility index (Phi) is 9.01. The number of carbonyl (C=O) groups is 1. The maximum atomic E-state index is 14.6. The fourth-order valence-electron chi connectivity index (χ4n) is 13.5. The molecule has 0 aromatic carbocycles. The Balaban J connectivity index is 1.10. The maximum absolute atomic E-state index is 14.6. The lowest BCUT2D eigenvalue weighted by molar-refractivity contribution is -0.535. The van der Waals surface area contributed by atoms with E-state index in [1.807, 2.05) is 12.2 Å². The molecule has 6 aliphatic carbocycles. The summed E-state index contributed by atoms with van der Waals surface area (Å²) < 4.78 is 5.54. The lowest BCUT2D eigenvalue weighted by atomic mass is 9.33. The van der Waals surface area contributed by atoms with E-state index in [2.05, 4.69) is 64.8 Å². The summed E-state index contributed by atoms with van der Waals surface area (Å²) in [4.78, 5) is 39.3. The minimum Gasteiger partial charge on any atom is -0.379 e. The predicted molar refractivity (Wildman–Crippen MR) is 213 cm³/mol. The monoisotopic (exact) mass is 740 g/mol. The van der Waals surface area contributed by atoms with Crippen molar-refractivity contribution >= 4 is 18.1 Å². The van der Waals surface area contributed by atoms with E-state index < -0.39 is 5.54 Å². The molecular weight excluding hydrogens is 675 g/mol. The van der Waals surface area contributed by atoms with Gasteiger partial charge in [-0.3, -0.25) is 19.8 Å². The van der Waals surface area contributed by atoms with Crippen molar-refractivity contribution in [1.82, 2.24) is 20.2 Å². The number of rotatable bonds is 6. The Hall–Kier alpha value is -2.91. The number of allylic oxidation sites excluding steroid dienone is 2. The first-order valence-electron chi connectivity index (χ1n) is 21.1. The summed E-state index contributed by atoms with van der Waals surface area (Å²) in [6, 6.07) is 0. The molecule has 0 bridgehead atoms. The van der Waals surface area contributed by atoms with Crippen molar-refractivity contribution in [1.29, 1.82) is 0 Å². The summed E-state index contributed by atoms with van der Waals surface area (Å²) >= 11 is 0. The van der Waals surface area contributed by atoms with Crippen LogP contribution in [0, 0.1) is 54.9 Å². The molecule has 4 fully saturated rings. The van der Waals surface area contributed by atoms with Crippen LogP contribution in [0.25, 0.3) is 12.2 Å². The van der Waals surface area contributed by atoms with E-state index in [4.69, 9.17) is 14.7 Å². The summed E-state index contributed by atoms with van der Waals surface area (Å²) in [5.74, 6) is 1.49. The fraction of sp³-hybridized carbons (Fsp3) is 0.756. The van der Waals surface area contributed by atoms with E-state index in [1.165, 1.54) is 6.42 Å². The number of fused-ring (bicyclic) bond motifs is 9. The molecule has 8 atom stereocenters. The molecule has 7 aliphatic rings. The van der Waals surface area contributed by atoms with Gasteiger partial charge in [-0.2, -0.15) is 0 Å². The van der Waals surface area contributed by atoms with Gasteiger partial charge in [-0.25, -0.2) is 9.97 Å². The number of carbonyl (C=O) groups excluding carboxylic acids is 1. The highest BCUT2D eigenvalue weighted by Gasteiger charge is 2.69. The molecule has 9 heteroatoms. The molecule has 54 heavy (non-hydrogen) atoms. The Morgan fingerprint density at radius 2 is 1.63 bits per heavy atom. The molecule has 1 amide bonds. The Morgan fingerprint density at radius 3 is 2.33 bits per heavy atom. The zero-order chi connectivity index (χ0) is 38.5. The number of hydrogen-bond acceptors (Lipinski definition) is 7. The van der Waals surface area contributed by atoms with Crippen molar-refractivity contribution < 1.29 is 14.5 Å². The molecule has 3 saturated carbocycles. The first-order chi connectivity index (χ1) is 25.4. The number of amides is 1. The average molecular weight is 740 g/mol. The topological polar surface area (TPSA) is 110 Å². The smallest absolute Gasteiger partial charge is 0.256 e. The van der Waals surface area contributed by atoms with Crippen molar-refractivity contribution in [3.63, 3.8) is 0 Å². The molecule has 1 aliphatic heterocycles. The van der Waals surface area contributed by atoms with Crippen molar-refractivity contribution in [2.75, 3.05) is 39.4 Å². The first-order valence-corrected chi connectivity index (χ1v) is 21.1. The first kappa shape index (κ1) is 38.0. The van der Waals surface area contributed by atoms with Gasteiger partial charge in [0.1, 0.15) is 0 Å². The Labute approximate surface area is 323 Å². The van der Waals surface area contributed by atoms with Gasteiger partial charge in [0, 0.05) is 36.9 Å². The SMILES string of the molecule is CC1(C)CCC2(C(=O)NCCCN3CCOCC3)CC[C@]3(C)C(=CC[C@H]4C3(C)CCC3C(C)(C)c5nc6c(nc5C[C@@]34C)C=CC(C)([N+](=O)[O-])C=C6)[C@@H]2C1. The van der Waals surface area contributed by atoms with Crippen LogP contribution in [0.4, 0.5) is 0 Å². The van der Waals surface area contributed by atoms with Crippen molar-refractivity contribution in [3.8, 4) is 0 Å². The minimum absolute atomic E-state index is 0.00924. The second kappa shape index (κ2) is 12.8. The normalized spacial score (nSPS) is 40.4. The molecule has 1 aromatic rings. The van der Waals surface area contributed by atoms with Gasteiger partial charge in [-0.05, 0) is 134 Å². The summed E-state index contributed by atoms with van der Waals surface area (Å²) in [5, 5.41) is 15.4. The number of hydrogen-bond donors (Lipinski definition) is 1. The summed E-state index contributed by atoms with van der Waals surface area (Å²) in [6.45, 7) is 24.3. The third-order valence-electron chi connectivity index (χ3n) is 17.0. The highest BCUT2D eigenvalue weighted by atomic mass is 16.6. The zero-order valence-corrected chi connectivity index (χ0v) is 34.4. The van der Waals surface area contributed by atoms with Crippen LogP contribution >= 0.6 is 0 Å². The summed E-state index contributed by atoms with van der Waals surface area (Å²) in [7, 11) is 0. The van der Waals surface area contributed by atoms with E-state index >= 15 is 0 Å². The highest BCUT2D eigenvalue weighted by Crippen LogP contribution is 2.75. The molecule has 8 rings (SSSR count). The van der Waals surface area contributed by atoms with Gasteiger partial charge in [-0.1, -0.05) is 60.1 Å². The second-order valence-electron chi connectivity index (χ2n) is 20.8. The van der Waals surface area contributed by atoms with Gasteiger partial charge in [0.05, 0.1) is 41.4 Å². The van der Waals surface area contributed by atoms with Crippen LogP contribution in [0.1, 0.15) is 136 Å². The minimum atomic E-state index is -1.28. The van der Waals surface area contributed by atoms with Crippen LogP contribution in [0.3, 0.4) is 0 Å². The highest BCUT2D eigenvalue weighted by molar-refractivity contribution is 5.84. The molecule has 2 heterocycles. The standard InChI is InChI=1S/C45H65N5O4/c1-39(2)18-20-45(38(51)46-22-9-23-49-24-26-54-27-25-49)21-19-43(7)30(31(45)28-39)10-11-36-42(6)29-34-37(40(3,4)35(42)14-17-44(36,43)8)48-33-13-16-41(5,50(52)53)15-12-32(33)47-34/h10,12-13,15-16,31,35-36H,9,11,14,17-29H2,1-8H3,(H,46,51)/t31-,35?,36+,41?,42-,43+,44?,45?/m0/s1. The number of nitrogens with one attached hydrogen (secondary N) is 1. The number of morpholine rings is 1. The van der Waals surface area contributed by atoms with Gasteiger partial charge in [0.2, 0.25) is 5.91 Å². The van der Waals surface area contributed by atoms with Crippen molar-refractivity contribution in [2.45, 2.75) is 131 Å². The molecule has 0 spiro atoms. The molecule has 294 valence electrons. The predicted octanol–water partition coefficient (Wildman–Crippen LogP) is 8.21. The third-order valence-corrected chi connectivity index (χ3v) is 17.0. The molecule has 4 unspecified atom stereocenters. The van der Waals surface area contributed by atoms with Crippen LogP contribution in [-0.2, 0) is 21.4 Å². The number of nitro groups is 1. The molecule has 1 N–H and O–H groups in total. The van der Waals surface area contributed by atoms with Crippen molar-refractivity contribution in [3.05, 3.63) is 56.7 Å². The summed E-state index contributed by atoms with van der Waals surface area (Å²) in [5.41, 5.74) is 3.71. The molecule has 0 radical (unpaired) electrons. The van der Waals surface area contributed by atoms with E-state index in [0.717, 1.165) is 120 Å². The Bertz CT molecular complexity index is 1810. The second-order valence-corrected chi connectivity index (χ2v) is 20.8. The molecule has 1 saturated heterocycles. The average Bonchev–Trinajstić information content (AvgIpc) is 3.29. The molecular formula is C45H65N5O4. The number of nitrogens with zero attached hydrogens (tertiary/aromatic N) is 4. The van der Waals surface area contributed by atoms with Gasteiger partial charge in [0.25, 0.3) is 5.54 Å². The van der Waals surface area contributed by atoms with Gasteiger partial charge in [0.15, 0.2) is 0 Å². The van der Waals surface area contributed by atoms with Gasteiger partial charge >= 0.3 is 0 Å². The zero-order valence-electron chi connectivity index (χ0n) is 34.4. The number of aromatic nitrogens is 2. The largest absolute Gasteiger partial charge is 0.379 e. The maximum Gasteiger partial charge on any atom is 0.256 e. The van der Waals surface area contributed by atoms with E-state index in [-0.39, 0.29) is 43.3 Å². The van der Waals surface area contributed by atoms with Crippen molar-refractivity contribution in [2.24, 2.45) is 44.8 Å². The van der Waals surface area contributed by atoms with Crippen LogP contribution in [0.15, 0.2) is 23.8 Å². The Morgan fingerprint density at radius 1 is 0.944 bits per heavy atom. The van der Waals surface area contributed by atoms with Gasteiger partial charge in [-0.15, -0.1) is 0 Å². The van der Waals surface area contributed by atoms with E-state index in [9.17, 15) is 14.9 Å². The van der Waals surface area contributed by atoms with Crippen LogP contribution in [-0.4, -0.2) is 70.6 Å². The lowest BCUT2D eigenvalue weighted by Crippen LogP contribution is -2.65. The lowest BCUT2D eigenvalue weighted by Gasteiger charge is -2.70.